The molecule has 20 heavy (non-hydrogen) atoms. The molecule has 0 spiro atoms. The van der Waals surface area contributed by atoms with E-state index >= 15 is 0 Å². The van der Waals surface area contributed by atoms with Crippen LogP contribution < -0.4 is 0 Å². The van der Waals surface area contributed by atoms with Gasteiger partial charge < -0.3 is 4.74 Å². The molecule has 2 rings (SSSR count). The van der Waals surface area contributed by atoms with Crippen molar-refractivity contribution in [3.8, 4) is 0 Å². The Labute approximate surface area is 134 Å². The van der Waals surface area contributed by atoms with Gasteiger partial charge in [0.05, 0.1) is 35.1 Å². The predicted octanol–water partition coefficient (Wildman–Crippen LogP) is 3.86. The minimum Gasteiger partial charge on any atom is -0.465 e. The molecule has 0 atom stereocenters. The van der Waals surface area contributed by atoms with E-state index in [9.17, 15) is 4.79 Å². The van der Waals surface area contributed by atoms with E-state index in [0.717, 1.165) is 25.9 Å². The molecule has 1 aromatic heterocycles. The van der Waals surface area contributed by atoms with E-state index in [2.05, 4.69) is 37.0 Å². The van der Waals surface area contributed by atoms with E-state index in [1.165, 1.54) is 7.11 Å². The topological polar surface area (TPSA) is 44.1 Å². The molecule has 0 aliphatic carbocycles. The van der Waals surface area contributed by atoms with Gasteiger partial charge in [-0.2, -0.15) is 5.10 Å². The number of aryl methyl sites for hydroxylation is 1. The number of esters is 1. The van der Waals surface area contributed by atoms with E-state index in [4.69, 9.17) is 4.74 Å². The number of carbonyl (C=O) groups is 1. The fraction of sp³-hybridized carbons (Fsp3) is 0.286. The number of methoxy groups -OCH3 is 1. The van der Waals surface area contributed by atoms with Gasteiger partial charge in [0.25, 0.3) is 0 Å². The highest BCUT2D eigenvalue weighted by atomic mass is 79.9. The summed E-state index contributed by atoms with van der Waals surface area (Å²) in [6.07, 6.45) is 0. The first-order valence-electron chi connectivity index (χ1n) is 6.00. The fourth-order valence-corrected chi connectivity index (χ4v) is 2.70. The summed E-state index contributed by atoms with van der Waals surface area (Å²) < 4.78 is 8.52. The van der Waals surface area contributed by atoms with Crippen LogP contribution in [0.3, 0.4) is 0 Å². The second-order valence-electron chi connectivity index (χ2n) is 4.44. The number of ether oxygens (including phenoxy) is 1. The van der Waals surface area contributed by atoms with Crippen molar-refractivity contribution in [1.29, 1.82) is 0 Å². The summed E-state index contributed by atoms with van der Waals surface area (Å²) in [6.45, 7) is 4.62. The van der Waals surface area contributed by atoms with Crippen LogP contribution in [0, 0.1) is 13.8 Å². The third kappa shape index (κ3) is 2.96. The third-order valence-corrected chi connectivity index (χ3v) is 4.97. The molecule has 0 bridgehead atoms. The van der Waals surface area contributed by atoms with Gasteiger partial charge in [-0.05, 0) is 47.5 Å². The highest BCUT2D eigenvalue weighted by Crippen LogP contribution is 2.24. The van der Waals surface area contributed by atoms with Crippen molar-refractivity contribution >= 4 is 37.8 Å². The van der Waals surface area contributed by atoms with Gasteiger partial charge in [0.15, 0.2) is 0 Å². The van der Waals surface area contributed by atoms with E-state index in [1.807, 2.05) is 24.6 Å². The van der Waals surface area contributed by atoms with Crippen molar-refractivity contribution in [2.24, 2.45) is 0 Å². The van der Waals surface area contributed by atoms with Crippen molar-refractivity contribution in [3.63, 3.8) is 0 Å². The normalized spacial score (nSPS) is 10.7. The predicted molar refractivity (Wildman–Crippen MR) is 84.0 cm³/mol. The molecule has 0 radical (unpaired) electrons. The molecule has 2 aromatic rings. The molecular formula is C14H14Br2N2O2. The zero-order valence-corrected chi connectivity index (χ0v) is 14.6. The Morgan fingerprint density at radius 3 is 2.55 bits per heavy atom. The molecule has 0 aliphatic heterocycles. The van der Waals surface area contributed by atoms with Crippen molar-refractivity contribution in [2.75, 3.05) is 7.11 Å². The van der Waals surface area contributed by atoms with Gasteiger partial charge in [-0.3, -0.25) is 4.68 Å². The Morgan fingerprint density at radius 2 is 2.05 bits per heavy atom. The molecule has 0 N–H and O–H groups in total. The van der Waals surface area contributed by atoms with Crippen LogP contribution in [0.25, 0.3) is 0 Å². The maximum Gasteiger partial charge on any atom is 0.337 e. The second kappa shape index (κ2) is 6.10. The van der Waals surface area contributed by atoms with Crippen LogP contribution in [-0.2, 0) is 11.3 Å². The van der Waals surface area contributed by atoms with E-state index in [-0.39, 0.29) is 5.97 Å². The lowest BCUT2D eigenvalue weighted by atomic mass is 10.1. The van der Waals surface area contributed by atoms with Crippen molar-refractivity contribution in [1.82, 2.24) is 9.78 Å². The number of benzene rings is 1. The van der Waals surface area contributed by atoms with E-state index in [0.29, 0.717) is 12.1 Å². The lowest BCUT2D eigenvalue weighted by molar-refractivity contribution is 0.0600. The molecular weight excluding hydrogens is 388 g/mol. The Hall–Kier alpha value is -1.14. The van der Waals surface area contributed by atoms with Crippen LogP contribution in [0.2, 0.25) is 0 Å². The molecule has 0 unspecified atom stereocenters. The van der Waals surface area contributed by atoms with Crippen LogP contribution in [-0.4, -0.2) is 22.9 Å². The number of halogens is 2. The maximum absolute atomic E-state index is 11.5. The molecule has 4 nitrogen and oxygen atoms in total. The van der Waals surface area contributed by atoms with Gasteiger partial charge >= 0.3 is 5.97 Å². The van der Waals surface area contributed by atoms with E-state index < -0.39 is 0 Å². The van der Waals surface area contributed by atoms with E-state index in [1.54, 1.807) is 12.1 Å². The first-order chi connectivity index (χ1) is 9.43. The minimum absolute atomic E-state index is 0.342. The average molecular weight is 402 g/mol. The van der Waals surface area contributed by atoms with Crippen LogP contribution >= 0.6 is 31.9 Å². The maximum atomic E-state index is 11.5. The summed E-state index contributed by atoms with van der Waals surface area (Å²) in [5.41, 5.74) is 3.62. The summed E-state index contributed by atoms with van der Waals surface area (Å²) in [6, 6.07) is 5.43. The average Bonchev–Trinajstić information content (AvgIpc) is 2.67. The molecule has 106 valence electrons. The summed E-state index contributed by atoms with van der Waals surface area (Å²) >= 11 is 7.01. The fourth-order valence-electron chi connectivity index (χ4n) is 1.91. The van der Waals surface area contributed by atoms with Gasteiger partial charge in [-0.15, -0.1) is 0 Å². The number of nitrogens with zero attached hydrogens (tertiary/aromatic N) is 2. The molecule has 0 aliphatic rings. The van der Waals surface area contributed by atoms with Crippen LogP contribution in [0.15, 0.2) is 27.1 Å². The third-order valence-electron chi connectivity index (χ3n) is 3.09. The Bertz CT molecular complexity index is 665. The van der Waals surface area contributed by atoms with Crippen LogP contribution in [0.5, 0.6) is 0 Å². The zero-order chi connectivity index (χ0) is 14.9. The highest BCUT2D eigenvalue weighted by molar-refractivity contribution is 9.10. The van der Waals surface area contributed by atoms with Crippen molar-refractivity contribution in [3.05, 3.63) is 49.7 Å². The van der Waals surface area contributed by atoms with Gasteiger partial charge in [0, 0.05) is 4.47 Å². The minimum atomic E-state index is -0.342. The number of aromatic nitrogens is 2. The molecule has 0 saturated carbocycles. The van der Waals surface area contributed by atoms with Crippen molar-refractivity contribution in [2.45, 2.75) is 20.4 Å². The van der Waals surface area contributed by atoms with Gasteiger partial charge in [0.2, 0.25) is 0 Å². The largest absolute Gasteiger partial charge is 0.465 e. The number of hydrogen-bond donors (Lipinski definition) is 0. The SMILES string of the molecule is COC(=O)c1ccc(Cn2nc(C)c(Br)c2C)c(Br)c1. The van der Waals surface area contributed by atoms with Gasteiger partial charge in [-0.25, -0.2) is 4.79 Å². The standard InChI is InChI=1S/C14H14Br2N2O2/c1-8-13(16)9(2)18(17-8)7-11-5-4-10(6-12(11)15)14(19)20-3/h4-6H,7H2,1-3H3. The van der Waals surface area contributed by atoms with Crippen molar-refractivity contribution < 1.29 is 9.53 Å². The number of hydrogen-bond acceptors (Lipinski definition) is 3. The summed E-state index contributed by atoms with van der Waals surface area (Å²) in [4.78, 5) is 11.5. The number of carbonyl (C=O) groups excluding carboxylic acids is 1. The zero-order valence-electron chi connectivity index (χ0n) is 11.4. The van der Waals surface area contributed by atoms with Crippen LogP contribution in [0.1, 0.15) is 27.3 Å². The Morgan fingerprint density at radius 1 is 1.35 bits per heavy atom. The van der Waals surface area contributed by atoms with Crippen LogP contribution in [0.4, 0.5) is 0 Å². The Kier molecular flexibility index (Phi) is 4.65. The monoisotopic (exact) mass is 400 g/mol. The summed E-state index contributed by atoms with van der Waals surface area (Å²) in [7, 11) is 1.37. The smallest absolute Gasteiger partial charge is 0.337 e. The molecule has 0 saturated heterocycles. The highest BCUT2D eigenvalue weighted by Gasteiger charge is 2.12. The first kappa shape index (κ1) is 15.3. The molecule has 0 fully saturated rings. The lowest BCUT2D eigenvalue weighted by Gasteiger charge is -2.08. The quantitative estimate of drug-likeness (QED) is 0.733. The molecule has 1 aromatic carbocycles. The Balaban J connectivity index is 2.30. The van der Waals surface area contributed by atoms with Gasteiger partial charge in [0.1, 0.15) is 0 Å². The molecule has 0 amide bonds. The molecule has 1 heterocycles. The molecule has 6 heteroatoms. The summed E-state index contributed by atoms with van der Waals surface area (Å²) in [5.74, 6) is -0.342. The number of rotatable bonds is 3. The first-order valence-corrected chi connectivity index (χ1v) is 7.59. The lowest BCUT2D eigenvalue weighted by Crippen LogP contribution is -2.06. The summed E-state index contributed by atoms with van der Waals surface area (Å²) in [5, 5.41) is 4.48. The van der Waals surface area contributed by atoms with Gasteiger partial charge in [-0.1, -0.05) is 22.0 Å². The second-order valence-corrected chi connectivity index (χ2v) is 6.09.